The molecule has 1 N–H and O–H groups in total. The molecule has 0 amide bonds. The minimum atomic E-state index is 0.110. The SMILES string of the molecule is CC(C)c1nc(N2CCSC(C)(C)CC2)sc1CO. The Morgan fingerprint density at radius 2 is 2.11 bits per heavy atom. The van der Waals surface area contributed by atoms with E-state index in [0.717, 1.165) is 34.5 Å². The van der Waals surface area contributed by atoms with E-state index < -0.39 is 0 Å². The highest BCUT2D eigenvalue weighted by atomic mass is 32.2. The van der Waals surface area contributed by atoms with Gasteiger partial charge in [-0.2, -0.15) is 11.8 Å². The van der Waals surface area contributed by atoms with Crippen molar-refractivity contribution in [3.63, 3.8) is 0 Å². The van der Waals surface area contributed by atoms with Crippen molar-refractivity contribution in [1.82, 2.24) is 4.98 Å². The van der Waals surface area contributed by atoms with E-state index in [2.05, 4.69) is 32.6 Å². The van der Waals surface area contributed by atoms with E-state index in [-0.39, 0.29) is 6.61 Å². The summed E-state index contributed by atoms with van der Waals surface area (Å²) in [5.41, 5.74) is 1.07. The van der Waals surface area contributed by atoms with Crippen LogP contribution in [0, 0.1) is 0 Å². The molecule has 108 valence electrons. The van der Waals surface area contributed by atoms with E-state index in [1.54, 1.807) is 11.3 Å². The second kappa shape index (κ2) is 6.02. The van der Waals surface area contributed by atoms with Gasteiger partial charge in [0.05, 0.1) is 17.2 Å². The molecule has 0 spiro atoms. The van der Waals surface area contributed by atoms with Crippen molar-refractivity contribution in [3.05, 3.63) is 10.6 Å². The number of aliphatic hydroxyl groups is 1. The Bertz CT molecular complexity index is 429. The monoisotopic (exact) mass is 300 g/mol. The minimum Gasteiger partial charge on any atom is -0.391 e. The van der Waals surface area contributed by atoms with Crippen LogP contribution >= 0.6 is 23.1 Å². The van der Waals surface area contributed by atoms with Crippen molar-refractivity contribution in [2.75, 3.05) is 23.7 Å². The molecule has 0 aliphatic carbocycles. The predicted octanol–water partition coefficient (Wildman–Crippen LogP) is 3.48. The van der Waals surface area contributed by atoms with Gasteiger partial charge in [0.2, 0.25) is 0 Å². The zero-order chi connectivity index (χ0) is 14.0. The average Bonchev–Trinajstić information content (AvgIpc) is 2.69. The molecule has 1 aliphatic heterocycles. The molecule has 0 unspecified atom stereocenters. The van der Waals surface area contributed by atoms with Gasteiger partial charge in [-0.3, -0.25) is 0 Å². The van der Waals surface area contributed by atoms with Gasteiger partial charge in [0.25, 0.3) is 0 Å². The number of aromatic nitrogens is 1. The van der Waals surface area contributed by atoms with Gasteiger partial charge in [0.1, 0.15) is 0 Å². The van der Waals surface area contributed by atoms with Crippen LogP contribution in [0.1, 0.15) is 50.6 Å². The van der Waals surface area contributed by atoms with Gasteiger partial charge in [-0.05, 0) is 12.3 Å². The Hall–Kier alpha value is -0.260. The molecule has 1 fully saturated rings. The van der Waals surface area contributed by atoms with Crippen LogP contribution in [-0.2, 0) is 6.61 Å². The summed E-state index contributed by atoms with van der Waals surface area (Å²) in [4.78, 5) is 8.18. The third kappa shape index (κ3) is 3.64. The lowest BCUT2D eigenvalue weighted by Gasteiger charge is -2.22. The Morgan fingerprint density at radius 1 is 1.37 bits per heavy atom. The first-order valence-corrected chi connectivity index (χ1v) is 8.72. The Balaban J connectivity index is 2.17. The van der Waals surface area contributed by atoms with Crippen LogP contribution in [0.2, 0.25) is 0 Å². The van der Waals surface area contributed by atoms with E-state index in [4.69, 9.17) is 4.98 Å². The molecule has 0 saturated carbocycles. The van der Waals surface area contributed by atoms with Gasteiger partial charge < -0.3 is 10.0 Å². The number of nitrogens with zero attached hydrogens (tertiary/aromatic N) is 2. The molecule has 1 aromatic rings. The average molecular weight is 300 g/mol. The second-order valence-corrected chi connectivity index (χ2v) is 8.83. The van der Waals surface area contributed by atoms with Crippen LogP contribution < -0.4 is 4.90 Å². The highest BCUT2D eigenvalue weighted by molar-refractivity contribution is 8.00. The van der Waals surface area contributed by atoms with E-state index in [9.17, 15) is 5.11 Å². The molecule has 0 bridgehead atoms. The third-order valence-corrected chi connectivity index (χ3v) is 6.00. The number of anilines is 1. The molecule has 0 atom stereocenters. The number of thioether (sulfide) groups is 1. The summed E-state index contributed by atoms with van der Waals surface area (Å²) in [5.74, 6) is 1.53. The first-order valence-electron chi connectivity index (χ1n) is 6.92. The Morgan fingerprint density at radius 3 is 2.68 bits per heavy atom. The fraction of sp³-hybridized carbons (Fsp3) is 0.786. The zero-order valence-electron chi connectivity index (χ0n) is 12.3. The van der Waals surface area contributed by atoms with Crippen LogP contribution in [-0.4, -0.2) is 33.7 Å². The molecular weight excluding hydrogens is 276 g/mol. The third-order valence-electron chi connectivity index (χ3n) is 3.52. The van der Waals surface area contributed by atoms with E-state index in [1.807, 2.05) is 11.8 Å². The van der Waals surface area contributed by atoms with Crippen LogP contribution in [0.15, 0.2) is 0 Å². The molecule has 3 nitrogen and oxygen atoms in total. The van der Waals surface area contributed by atoms with Gasteiger partial charge in [0, 0.05) is 23.6 Å². The summed E-state index contributed by atoms with van der Waals surface area (Å²) in [6, 6.07) is 0. The number of aliphatic hydroxyl groups excluding tert-OH is 1. The van der Waals surface area contributed by atoms with E-state index in [0.29, 0.717) is 10.7 Å². The van der Waals surface area contributed by atoms with Crippen LogP contribution in [0.5, 0.6) is 0 Å². The lowest BCUT2D eigenvalue weighted by Crippen LogP contribution is -2.26. The summed E-state index contributed by atoms with van der Waals surface area (Å²) in [6.07, 6.45) is 1.18. The molecule has 2 rings (SSSR count). The maximum atomic E-state index is 9.47. The smallest absolute Gasteiger partial charge is 0.185 e. The summed E-state index contributed by atoms with van der Waals surface area (Å²) in [7, 11) is 0. The van der Waals surface area contributed by atoms with Gasteiger partial charge in [0.15, 0.2) is 5.13 Å². The van der Waals surface area contributed by atoms with Crippen LogP contribution in [0.4, 0.5) is 5.13 Å². The normalized spacial score (nSPS) is 19.8. The van der Waals surface area contributed by atoms with Crippen molar-refractivity contribution >= 4 is 28.2 Å². The lowest BCUT2D eigenvalue weighted by molar-refractivity contribution is 0.283. The highest BCUT2D eigenvalue weighted by Crippen LogP contribution is 2.35. The Kier molecular flexibility index (Phi) is 4.79. The summed E-state index contributed by atoms with van der Waals surface area (Å²) < 4.78 is 0.368. The summed E-state index contributed by atoms with van der Waals surface area (Å²) >= 11 is 3.71. The molecule has 1 aromatic heterocycles. The van der Waals surface area contributed by atoms with Gasteiger partial charge in [-0.25, -0.2) is 4.98 Å². The summed E-state index contributed by atoms with van der Waals surface area (Å²) in [5, 5.41) is 10.6. The maximum Gasteiger partial charge on any atom is 0.185 e. The van der Waals surface area contributed by atoms with Gasteiger partial charge in [-0.1, -0.05) is 39.0 Å². The number of thiazole rings is 1. The van der Waals surface area contributed by atoms with Crippen molar-refractivity contribution in [1.29, 1.82) is 0 Å². The molecule has 19 heavy (non-hydrogen) atoms. The van der Waals surface area contributed by atoms with Crippen LogP contribution in [0.3, 0.4) is 0 Å². The zero-order valence-corrected chi connectivity index (χ0v) is 13.9. The molecule has 0 radical (unpaired) electrons. The van der Waals surface area contributed by atoms with Gasteiger partial charge in [-0.15, -0.1) is 0 Å². The standard InChI is InChI=1S/C14H24N2OS2/c1-10(2)12-11(9-17)19-13(15-12)16-6-5-14(3,4)18-8-7-16/h10,17H,5-9H2,1-4H3. The van der Waals surface area contributed by atoms with Crippen molar-refractivity contribution in [2.24, 2.45) is 0 Å². The van der Waals surface area contributed by atoms with E-state index >= 15 is 0 Å². The summed E-state index contributed by atoms with van der Waals surface area (Å²) in [6.45, 7) is 11.2. The Labute approximate surface area is 124 Å². The number of hydrogen-bond donors (Lipinski definition) is 1. The minimum absolute atomic E-state index is 0.110. The molecular formula is C14H24N2OS2. The fourth-order valence-electron chi connectivity index (χ4n) is 2.26. The number of hydrogen-bond acceptors (Lipinski definition) is 5. The van der Waals surface area contributed by atoms with E-state index in [1.165, 1.54) is 6.42 Å². The topological polar surface area (TPSA) is 36.4 Å². The predicted molar refractivity (Wildman–Crippen MR) is 85.5 cm³/mol. The highest BCUT2D eigenvalue weighted by Gasteiger charge is 2.26. The van der Waals surface area contributed by atoms with Crippen molar-refractivity contribution in [2.45, 2.75) is 51.4 Å². The lowest BCUT2D eigenvalue weighted by atomic mass is 10.1. The number of rotatable bonds is 3. The molecule has 5 heteroatoms. The fourth-order valence-corrected chi connectivity index (χ4v) is 4.49. The van der Waals surface area contributed by atoms with Crippen molar-refractivity contribution < 1.29 is 5.11 Å². The maximum absolute atomic E-state index is 9.47. The first-order chi connectivity index (χ1) is 8.93. The first kappa shape index (κ1) is 15.1. The second-order valence-electron chi connectivity index (χ2n) is 5.96. The molecule has 0 aromatic carbocycles. The quantitative estimate of drug-likeness (QED) is 0.927. The van der Waals surface area contributed by atoms with Gasteiger partial charge >= 0.3 is 0 Å². The van der Waals surface area contributed by atoms with Crippen LogP contribution in [0.25, 0.3) is 0 Å². The largest absolute Gasteiger partial charge is 0.391 e. The molecule has 2 heterocycles. The molecule has 1 saturated heterocycles. The van der Waals surface area contributed by atoms with Crippen molar-refractivity contribution in [3.8, 4) is 0 Å². The molecule has 1 aliphatic rings.